The first-order valence-electron chi connectivity index (χ1n) is 28.8. The number of hydrogen-bond acceptors (Lipinski definition) is 6. The Labute approximate surface area is 442 Å². The Morgan fingerprint density at radius 2 is 0.569 bits per heavy atom. The maximum atomic E-state index is 12.8. The molecule has 0 saturated carbocycles. The molecule has 6 nitrogen and oxygen atoms in total. The van der Waals surface area contributed by atoms with Crippen LogP contribution in [0.15, 0.2) is 146 Å². The molecule has 0 spiro atoms. The summed E-state index contributed by atoms with van der Waals surface area (Å²) in [6.07, 6.45) is 84.3. The molecule has 0 aromatic rings. The lowest BCUT2D eigenvalue weighted by atomic mass is 10.0. The van der Waals surface area contributed by atoms with Gasteiger partial charge in [0, 0.05) is 19.3 Å². The molecule has 1 atom stereocenters. The molecular formula is C66H104O6. The van der Waals surface area contributed by atoms with Crippen LogP contribution in [0.2, 0.25) is 0 Å². The SMILES string of the molecule is CC/C=C/C/C=C/C/C=C/C/C=C/C/C=C/C/C=C/CCC(=O)OC(COC(=O)CC/C=C/C/C=C/C/C=C/C/C=C/C/C=C/C/C=C/CCCCC)COC(=O)CCCCCCCCCCCCCCC. The van der Waals surface area contributed by atoms with Crippen molar-refractivity contribution >= 4 is 17.9 Å². The lowest BCUT2D eigenvalue weighted by Gasteiger charge is -2.18. The third kappa shape index (κ3) is 56.2. The Hall–Kier alpha value is -4.71. The summed E-state index contributed by atoms with van der Waals surface area (Å²) in [5.41, 5.74) is 0. The molecule has 0 N–H and O–H groups in total. The molecule has 0 aromatic heterocycles. The van der Waals surface area contributed by atoms with Crippen LogP contribution in [0.25, 0.3) is 0 Å². The maximum absolute atomic E-state index is 12.8. The van der Waals surface area contributed by atoms with Gasteiger partial charge in [0.1, 0.15) is 13.2 Å². The summed E-state index contributed by atoms with van der Waals surface area (Å²) in [4.78, 5) is 38.1. The molecule has 0 aliphatic carbocycles. The predicted molar refractivity (Wildman–Crippen MR) is 311 cm³/mol. The Bertz CT molecular complexity index is 1610. The van der Waals surface area contributed by atoms with Crippen molar-refractivity contribution in [3.63, 3.8) is 0 Å². The van der Waals surface area contributed by atoms with Crippen LogP contribution in [0.1, 0.15) is 233 Å². The van der Waals surface area contributed by atoms with E-state index in [9.17, 15) is 14.4 Å². The van der Waals surface area contributed by atoms with Crippen LogP contribution < -0.4 is 0 Å². The van der Waals surface area contributed by atoms with Crippen LogP contribution in [0.3, 0.4) is 0 Å². The van der Waals surface area contributed by atoms with E-state index in [4.69, 9.17) is 14.2 Å². The lowest BCUT2D eigenvalue weighted by molar-refractivity contribution is -0.166. The zero-order valence-corrected chi connectivity index (χ0v) is 46.1. The van der Waals surface area contributed by atoms with Crippen molar-refractivity contribution in [2.75, 3.05) is 13.2 Å². The van der Waals surface area contributed by atoms with Gasteiger partial charge in [-0.25, -0.2) is 0 Å². The van der Waals surface area contributed by atoms with Gasteiger partial charge in [0.2, 0.25) is 0 Å². The van der Waals surface area contributed by atoms with Crippen molar-refractivity contribution in [3.8, 4) is 0 Å². The number of allylic oxidation sites excluding steroid dienone is 24. The van der Waals surface area contributed by atoms with Crippen molar-refractivity contribution in [2.45, 2.75) is 239 Å². The molecule has 0 saturated heterocycles. The fourth-order valence-corrected chi connectivity index (χ4v) is 7.31. The van der Waals surface area contributed by atoms with E-state index in [-0.39, 0.29) is 38.0 Å². The number of esters is 3. The third-order valence-corrected chi connectivity index (χ3v) is 11.6. The highest BCUT2D eigenvalue weighted by atomic mass is 16.6. The van der Waals surface area contributed by atoms with E-state index < -0.39 is 12.1 Å². The molecule has 0 bridgehead atoms. The minimum atomic E-state index is -0.854. The van der Waals surface area contributed by atoms with E-state index in [1.165, 1.54) is 89.9 Å². The van der Waals surface area contributed by atoms with Crippen molar-refractivity contribution in [1.29, 1.82) is 0 Å². The Morgan fingerprint density at radius 3 is 0.931 bits per heavy atom. The second-order valence-corrected chi connectivity index (χ2v) is 18.5. The number of ether oxygens (including phenoxy) is 3. The molecule has 0 amide bonds. The Balaban J connectivity index is 4.62. The van der Waals surface area contributed by atoms with E-state index in [1.54, 1.807) is 0 Å². The van der Waals surface area contributed by atoms with E-state index in [0.29, 0.717) is 19.3 Å². The minimum absolute atomic E-state index is 0.135. The van der Waals surface area contributed by atoms with Crippen molar-refractivity contribution in [1.82, 2.24) is 0 Å². The zero-order valence-electron chi connectivity index (χ0n) is 46.1. The van der Waals surface area contributed by atoms with E-state index in [1.807, 2.05) is 24.3 Å². The highest BCUT2D eigenvalue weighted by molar-refractivity contribution is 5.71. The van der Waals surface area contributed by atoms with Gasteiger partial charge >= 0.3 is 17.9 Å². The maximum Gasteiger partial charge on any atom is 0.306 e. The number of carbonyl (C=O) groups is 3. The van der Waals surface area contributed by atoms with Crippen LogP contribution in [0, 0.1) is 0 Å². The summed E-state index contributed by atoms with van der Waals surface area (Å²) < 4.78 is 16.7. The summed E-state index contributed by atoms with van der Waals surface area (Å²) in [5, 5.41) is 0. The second kappa shape index (κ2) is 58.9. The quantitative estimate of drug-likeness (QED) is 0.0261. The summed E-state index contributed by atoms with van der Waals surface area (Å²) in [6, 6.07) is 0. The summed E-state index contributed by atoms with van der Waals surface area (Å²) in [6.45, 7) is 6.36. The highest BCUT2D eigenvalue weighted by Gasteiger charge is 2.19. The minimum Gasteiger partial charge on any atom is -0.462 e. The van der Waals surface area contributed by atoms with Crippen LogP contribution in [0.4, 0.5) is 0 Å². The van der Waals surface area contributed by atoms with E-state index in [0.717, 1.165) is 89.9 Å². The van der Waals surface area contributed by atoms with Gasteiger partial charge in [-0.3, -0.25) is 14.4 Å². The monoisotopic (exact) mass is 993 g/mol. The van der Waals surface area contributed by atoms with Crippen LogP contribution in [-0.2, 0) is 28.6 Å². The summed E-state index contributed by atoms with van der Waals surface area (Å²) in [5.74, 6) is -1.11. The van der Waals surface area contributed by atoms with Gasteiger partial charge in [0.05, 0.1) is 0 Å². The van der Waals surface area contributed by atoms with Crippen LogP contribution >= 0.6 is 0 Å². The highest BCUT2D eigenvalue weighted by Crippen LogP contribution is 2.14. The molecule has 0 heterocycles. The molecule has 0 radical (unpaired) electrons. The van der Waals surface area contributed by atoms with Gasteiger partial charge < -0.3 is 14.2 Å². The molecule has 0 rings (SSSR count). The van der Waals surface area contributed by atoms with Crippen molar-refractivity contribution in [2.24, 2.45) is 0 Å². The number of hydrogen-bond donors (Lipinski definition) is 0. The van der Waals surface area contributed by atoms with Crippen LogP contribution in [-0.4, -0.2) is 37.2 Å². The van der Waals surface area contributed by atoms with E-state index in [2.05, 4.69) is 142 Å². The molecule has 404 valence electrons. The first-order chi connectivity index (χ1) is 35.5. The molecule has 72 heavy (non-hydrogen) atoms. The van der Waals surface area contributed by atoms with E-state index >= 15 is 0 Å². The van der Waals surface area contributed by atoms with Gasteiger partial charge in [-0.15, -0.1) is 0 Å². The molecule has 0 fully saturated rings. The largest absolute Gasteiger partial charge is 0.462 e. The number of unbranched alkanes of at least 4 members (excludes halogenated alkanes) is 15. The molecule has 6 heteroatoms. The second-order valence-electron chi connectivity index (χ2n) is 18.5. The fraction of sp³-hybridized carbons (Fsp3) is 0.591. The Morgan fingerprint density at radius 1 is 0.292 bits per heavy atom. The smallest absolute Gasteiger partial charge is 0.306 e. The predicted octanol–water partition coefficient (Wildman–Crippen LogP) is 19.6. The lowest BCUT2D eigenvalue weighted by Crippen LogP contribution is -2.30. The van der Waals surface area contributed by atoms with Gasteiger partial charge in [0.15, 0.2) is 6.10 Å². The molecule has 0 aliphatic rings. The molecular weight excluding hydrogens is 889 g/mol. The number of carbonyl (C=O) groups excluding carboxylic acids is 3. The molecule has 1 unspecified atom stereocenters. The average molecular weight is 994 g/mol. The topological polar surface area (TPSA) is 78.9 Å². The van der Waals surface area contributed by atoms with Crippen LogP contribution in [0.5, 0.6) is 0 Å². The first-order valence-corrected chi connectivity index (χ1v) is 28.8. The summed E-state index contributed by atoms with van der Waals surface area (Å²) >= 11 is 0. The number of rotatable bonds is 50. The molecule has 0 aliphatic heterocycles. The average Bonchev–Trinajstić information content (AvgIpc) is 3.38. The van der Waals surface area contributed by atoms with Gasteiger partial charge in [-0.05, 0) is 103 Å². The zero-order chi connectivity index (χ0) is 52.2. The summed E-state index contributed by atoms with van der Waals surface area (Å²) in [7, 11) is 0. The van der Waals surface area contributed by atoms with Gasteiger partial charge in [0.25, 0.3) is 0 Å². The molecule has 0 aromatic carbocycles. The standard InChI is InChI=1S/C66H104O6/c1-4-7-10-13-16-19-22-25-27-29-31-32-33-35-36-38-41-44-47-50-53-56-59-65(68)71-62-63(61-70-64(67)58-55-52-49-46-43-40-24-21-18-15-12-9-6-3)72-66(69)60-57-54-51-48-45-42-39-37-34-30-28-26-23-20-17-14-11-8-5-2/h8,11,16-17,19-20,25-28,31-32,34-37,41-42,44-45,50-51,53-54,63H,4-7,9-10,12-15,18,21-24,29-30,33,38-40,43,46-49,52,55-62H2,1-3H3/b11-8+,19-16+,20-17+,27-25+,28-26+,32-31+,36-35+,37-34+,44-41+,45-42+,53-50+,54-51+. The normalized spacial score (nSPS) is 13.2. The van der Waals surface area contributed by atoms with Gasteiger partial charge in [-0.2, -0.15) is 0 Å². The third-order valence-electron chi connectivity index (χ3n) is 11.6. The first kappa shape index (κ1) is 67.3. The van der Waals surface area contributed by atoms with Crippen molar-refractivity contribution < 1.29 is 28.6 Å². The van der Waals surface area contributed by atoms with Crippen molar-refractivity contribution in [3.05, 3.63) is 146 Å². The van der Waals surface area contributed by atoms with Gasteiger partial charge in [-0.1, -0.05) is 256 Å². The Kier molecular flexibility index (Phi) is 55.0. The fourth-order valence-electron chi connectivity index (χ4n) is 7.31.